The third kappa shape index (κ3) is 6.95. The van der Waals surface area contributed by atoms with Gasteiger partial charge in [0.1, 0.15) is 12.3 Å². The number of nitrogens with one attached hydrogen (secondary N) is 2. The molecule has 0 unspecified atom stereocenters. The van der Waals surface area contributed by atoms with Gasteiger partial charge in [0.05, 0.1) is 13.7 Å². The van der Waals surface area contributed by atoms with Gasteiger partial charge in [-0.1, -0.05) is 12.1 Å². The van der Waals surface area contributed by atoms with Crippen molar-refractivity contribution in [3.63, 3.8) is 0 Å². The van der Waals surface area contributed by atoms with E-state index in [4.69, 9.17) is 14.2 Å². The van der Waals surface area contributed by atoms with Crippen LogP contribution in [-0.4, -0.2) is 127 Å². The van der Waals surface area contributed by atoms with Crippen LogP contribution in [0, 0.1) is 0 Å². The van der Waals surface area contributed by atoms with Crippen molar-refractivity contribution in [3.05, 3.63) is 42.6 Å². The second-order valence-electron chi connectivity index (χ2n) is 6.30. The molecular formula is C20H20N8Na2O5. The Hall–Kier alpha value is -2.65. The fourth-order valence-electron chi connectivity index (χ4n) is 2.82. The molecule has 4 rings (SSSR count). The zero-order valence-electron chi connectivity index (χ0n) is 17.3. The average Bonchev–Trinajstić information content (AvgIpc) is 3.40. The number of amides is 1. The molecule has 13 nitrogen and oxygen atoms in total. The summed E-state index contributed by atoms with van der Waals surface area (Å²) in [5, 5.41) is 25.3. The Labute approximate surface area is 243 Å². The molecule has 0 aliphatic rings. The fourth-order valence-corrected chi connectivity index (χ4v) is 2.82. The van der Waals surface area contributed by atoms with Crippen LogP contribution in [0.3, 0.4) is 0 Å². The van der Waals surface area contributed by atoms with Crippen molar-refractivity contribution in [2.24, 2.45) is 0 Å². The van der Waals surface area contributed by atoms with Crippen LogP contribution in [0.15, 0.2) is 42.6 Å². The molecule has 0 spiro atoms. The third-order valence-electron chi connectivity index (χ3n) is 4.25. The van der Waals surface area contributed by atoms with Gasteiger partial charge >= 0.3 is 59.1 Å². The summed E-state index contributed by atoms with van der Waals surface area (Å²) in [6.45, 7) is -0.327. The van der Waals surface area contributed by atoms with E-state index < -0.39 is 0 Å². The Kier molecular flexibility index (Phi) is 11.5. The average molecular weight is 498 g/mol. The molecule has 35 heavy (non-hydrogen) atoms. The summed E-state index contributed by atoms with van der Waals surface area (Å²) < 4.78 is 16.9. The maximum absolute atomic E-state index is 11.3. The molecule has 3 N–H and O–H groups in total. The first-order chi connectivity index (χ1) is 16.2. The summed E-state index contributed by atoms with van der Waals surface area (Å²) in [6.07, 6.45) is 1.99. The van der Waals surface area contributed by atoms with E-state index in [1.807, 2.05) is 0 Å². The van der Waals surface area contributed by atoms with Crippen molar-refractivity contribution in [2.75, 3.05) is 25.6 Å². The molecule has 172 valence electrons. The van der Waals surface area contributed by atoms with Gasteiger partial charge < -0.3 is 24.6 Å². The number of H-pyrrole nitrogens is 1. The molecule has 15 heteroatoms. The minimum atomic E-state index is -0.262. The molecule has 3 aromatic heterocycles. The van der Waals surface area contributed by atoms with Crippen molar-refractivity contribution in [1.82, 2.24) is 35.6 Å². The van der Waals surface area contributed by atoms with Gasteiger partial charge in [-0.3, -0.25) is 9.78 Å². The number of tetrazole rings is 1. The molecule has 0 aliphatic heterocycles. The number of rotatable bonds is 10. The van der Waals surface area contributed by atoms with Crippen LogP contribution in [-0.2, 0) is 4.79 Å². The number of anilines is 1. The number of ether oxygens (including phenoxy) is 3. The molecule has 0 aliphatic carbocycles. The number of benzene rings is 1. The third-order valence-corrected chi connectivity index (χ3v) is 4.25. The van der Waals surface area contributed by atoms with Crippen LogP contribution >= 0.6 is 0 Å². The summed E-state index contributed by atoms with van der Waals surface area (Å²) in [5.74, 6) is 1.45. The summed E-state index contributed by atoms with van der Waals surface area (Å²) in [6, 6.07) is 10.3. The number of hydrogen-bond donors (Lipinski definition) is 3. The second kappa shape index (κ2) is 14.0. The summed E-state index contributed by atoms with van der Waals surface area (Å²) in [4.78, 5) is 24.4. The number of aliphatic hydroxyl groups is 1. The number of aliphatic hydroxyl groups excluding tert-OH is 1. The Balaban J connectivity index is 0.00000216. The number of aromatic nitrogens is 7. The predicted molar refractivity (Wildman–Crippen MR) is 128 cm³/mol. The first kappa shape index (κ1) is 28.6. The Morgan fingerprint density at radius 2 is 1.94 bits per heavy atom. The van der Waals surface area contributed by atoms with Crippen LogP contribution in [0.2, 0.25) is 0 Å². The first-order valence-corrected chi connectivity index (χ1v) is 9.60. The summed E-state index contributed by atoms with van der Waals surface area (Å²) in [5.41, 5.74) is 1.00. The van der Waals surface area contributed by atoms with E-state index in [2.05, 4.69) is 40.9 Å². The SMILES string of the molecule is COc1ccccc1Oc1c(NC=O)nc(-c2ccnc(-c3nnn[nH]3)c2)nc1OCCO.[NaH].[NaH]. The Morgan fingerprint density at radius 3 is 2.63 bits per heavy atom. The molecule has 0 atom stereocenters. The van der Waals surface area contributed by atoms with Crippen molar-refractivity contribution in [1.29, 1.82) is 0 Å². The Morgan fingerprint density at radius 1 is 1.14 bits per heavy atom. The molecule has 1 amide bonds. The van der Waals surface area contributed by atoms with Crippen LogP contribution in [0.4, 0.5) is 5.82 Å². The molecule has 0 saturated carbocycles. The zero-order valence-corrected chi connectivity index (χ0v) is 17.3. The van der Waals surface area contributed by atoms with E-state index in [-0.39, 0.29) is 95.6 Å². The predicted octanol–water partition coefficient (Wildman–Crippen LogP) is 0.162. The van der Waals surface area contributed by atoms with Gasteiger partial charge in [0, 0.05) is 11.8 Å². The van der Waals surface area contributed by atoms with Gasteiger partial charge in [-0.15, -0.1) is 5.10 Å². The Bertz CT molecular complexity index is 1250. The standard InChI is InChI=1S/C20H18N8O5.2Na.2H/c1-31-14-4-2-3-5-15(14)33-16-19(22-11-30)23-17(24-20(16)32-9-8-29)12-6-7-21-13(10-12)18-25-27-28-26-18;;;;/h2-7,10-11,29H,8-9H2,1H3,(H,22,23,24,30)(H,25,26,27,28);;;;. The first-order valence-electron chi connectivity index (χ1n) is 9.60. The minimum absolute atomic E-state index is 0. The second-order valence-corrected chi connectivity index (χ2v) is 6.30. The van der Waals surface area contributed by atoms with E-state index in [0.717, 1.165) is 0 Å². The van der Waals surface area contributed by atoms with E-state index in [9.17, 15) is 9.90 Å². The van der Waals surface area contributed by atoms with E-state index >= 15 is 0 Å². The van der Waals surface area contributed by atoms with E-state index in [0.29, 0.717) is 35.0 Å². The number of carbonyl (C=O) groups excluding carboxylic acids is 1. The number of carbonyl (C=O) groups is 1. The number of hydrogen-bond acceptors (Lipinski definition) is 11. The fraction of sp³-hybridized carbons (Fsp3) is 0.150. The number of pyridine rings is 1. The monoisotopic (exact) mass is 498 g/mol. The van der Waals surface area contributed by atoms with Gasteiger partial charge in [-0.2, -0.15) is 4.98 Å². The van der Waals surface area contributed by atoms with Gasteiger partial charge in [-0.05, 0) is 34.7 Å². The molecule has 4 aromatic rings. The zero-order chi connectivity index (χ0) is 23.0. The summed E-state index contributed by atoms with van der Waals surface area (Å²) >= 11 is 0. The van der Waals surface area contributed by atoms with E-state index in [1.165, 1.54) is 13.3 Å². The molecule has 3 heterocycles. The summed E-state index contributed by atoms with van der Waals surface area (Å²) in [7, 11) is 1.50. The van der Waals surface area contributed by atoms with Crippen LogP contribution in [0.5, 0.6) is 23.1 Å². The van der Waals surface area contributed by atoms with Crippen molar-refractivity contribution < 1.29 is 24.1 Å². The van der Waals surface area contributed by atoms with Crippen molar-refractivity contribution >= 4 is 71.3 Å². The van der Waals surface area contributed by atoms with Crippen LogP contribution in [0.1, 0.15) is 0 Å². The molecule has 0 saturated heterocycles. The molecule has 1 aromatic carbocycles. The molecule has 0 bridgehead atoms. The van der Waals surface area contributed by atoms with Gasteiger partial charge in [0.2, 0.25) is 12.2 Å². The molecule has 0 fully saturated rings. The number of methoxy groups -OCH3 is 1. The van der Waals surface area contributed by atoms with Gasteiger partial charge in [0.25, 0.3) is 5.88 Å². The molecular weight excluding hydrogens is 478 g/mol. The quantitative estimate of drug-likeness (QED) is 0.201. The number of nitrogens with zero attached hydrogens (tertiary/aromatic N) is 6. The number of para-hydroxylation sites is 2. The number of aromatic amines is 1. The topological polar surface area (TPSA) is 170 Å². The maximum atomic E-state index is 11.3. The normalized spacial score (nSPS) is 9.89. The van der Waals surface area contributed by atoms with Crippen molar-refractivity contribution in [2.45, 2.75) is 0 Å². The van der Waals surface area contributed by atoms with Crippen LogP contribution in [0.25, 0.3) is 22.9 Å². The van der Waals surface area contributed by atoms with E-state index in [1.54, 1.807) is 36.4 Å². The van der Waals surface area contributed by atoms with Gasteiger partial charge in [-0.25, -0.2) is 10.1 Å². The molecule has 0 radical (unpaired) electrons. The van der Waals surface area contributed by atoms with Gasteiger partial charge in [0.15, 0.2) is 29.0 Å². The van der Waals surface area contributed by atoms with Crippen LogP contribution < -0.4 is 19.5 Å². The van der Waals surface area contributed by atoms with Crippen molar-refractivity contribution in [3.8, 4) is 46.0 Å².